The molecule has 0 aliphatic carbocycles. The lowest BCUT2D eigenvalue weighted by Crippen LogP contribution is -2.51. The summed E-state index contributed by atoms with van der Waals surface area (Å²) in [6, 6.07) is 5.29. The summed E-state index contributed by atoms with van der Waals surface area (Å²) in [6.07, 6.45) is 1.51. The highest BCUT2D eigenvalue weighted by molar-refractivity contribution is 6.30. The van der Waals surface area contributed by atoms with Crippen LogP contribution in [0.1, 0.15) is 32.3 Å². The molecule has 5 heteroatoms. The molecule has 0 heterocycles. The molecule has 0 radical (unpaired) electrons. The molecule has 0 aliphatic rings. The average molecular weight is 285 g/mol. The van der Waals surface area contributed by atoms with Crippen molar-refractivity contribution in [1.29, 1.82) is 0 Å². The second kappa shape index (κ2) is 6.78. The summed E-state index contributed by atoms with van der Waals surface area (Å²) in [7, 11) is 1.58. The van der Waals surface area contributed by atoms with Crippen LogP contribution in [-0.4, -0.2) is 18.6 Å². The second-order valence-corrected chi connectivity index (χ2v) is 5.24. The predicted octanol–water partition coefficient (Wildman–Crippen LogP) is 2.48. The van der Waals surface area contributed by atoms with Gasteiger partial charge in [0.25, 0.3) is 0 Å². The van der Waals surface area contributed by atoms with E-state index >= 15 is 0 Å². The molecule has 1 atom stereocenters. The Kier molecular flexibility index (Phi) is 5.63. The number of nitrogens with one attached hydrogen (secondary N) is 1. The van der Waals surface area contributed by atoms with Crippen molar-refractivity contribution in [1.82, 2.24) is 5.32 Å². The Morgan fingerprint density at radius 2 is 2.21 bits per heavy atom. The second-order valence-electron chi connectivity index (χ2n) is 4.81. The van der Waals surface area contributed by atoms with Gasteiger partial charge in [-0.2, -0.15) is 0 Å². The minimum absolute atomic E-state index is 0.170. The SMILES string of the molecule is CCCC(C)(N)C(=O)NCc1cc(Cl)ccc1OC. The molecular formula is C14H21ClN2O2. The van der Waals surface area contributed by atoms with Gasteiger partial charge in [-0.3, -0.25) is 4.79 Å². The van der Waals surface area contributed by atoms with Crippen LogP contribution in [-0.2, 0) is 11.3 Å². The van der Waals surface area contributed by atoms with Crippen molar-refractivity contribution in [2.75, 3.05) is 7.11 Å². The average Bonchev–Trinajstić information content (AvgIpc) is 2.36. The van der Waals surface area contributed by atoms with E-state index in [1.165, 1.54) is 0 Å². The summed E-state index contributed by atoms with van der Waals surface area (Å²) in [4.78, 5) is 12.0. The number of ether oxygens (including phenoxy) is 1. The van der Waals surface area contributed by atoms with Crippen LogP contribution in [0.15, 0.2) is 18.2 Å². The summed E-state index contributed by atoms with van der Waals surface area (Å²) in [5.74, 6) is 0.523. The van der Waals surface area contributed by atoms with Gasteiger partial charge in [-0.05, 0) is 31.5 Å². The van der Waals surface area contributed by atoms with Crippen LogP contribution in [0.3, 0.4) is 0 Å². The number of benzene rings is 1. The zero-order chi connectivity index (χ0) is 14.5. The lowest BCUT2D eigenvalue weighted by molar-refractivity contribution is -0.126. The molecule has 0 fully saturated rings. The summed E-state index contributed by atoms with van der Waals surface area (Å²) in [5, 5.41) is 3.43. The number of amides is 1. The molecule has 0 saturated heterocycles. The minimum Gasteiger partial charge on any atom is -0.496 e. The van der Waals surface area contributed by atoms with Crippen molar-refractivity contribution in [3.05, 3.63) is 28.8 Å². The van der Waals surface area contributed by atoms with Gasteiger partial charge >= 0.3 is 0 Å². The number of methoxy groups -OCH3 is 1. The zero-order valence-electron chi connectivity index (χ0n) is 11.6. The molecule has 0 aromatic heterocycles. The monoisotopic (exact) mass is 284 g/mol. The third-order valence-electron chi connectivity index (χ3n) is 2.97. The van der Waals surface area contributed by atoms with Crippen LogP contribution in [0.5, 0.6) is 5.75 Å². The smallest absolute Gasteiger partial charge is 0.240 e. The molecule has 1 rings (SSSR count). The number of halogens is 1. The van der Waals surface area contributed by atoms with Gasteiger partial charge in [0.2, 0.25) is 5.91 Å². The molecule has 106 valence electrons. The van der Waals surface area contributed by atoms with Gasteiger partial charge in [-0.15, -0.1) is 0 Å². The number of carbonyl (C=O) groups is 1. The molecule has 19 heavy (non-hydrogen) atoms. The van der Waals surface area contributed by atoms with Crippen molar-refractivity contribution in [2.45, 2.75) is 38.8 Å². The van der Waals surface area contributed by atoms with Gasteiger partial charge in [0.1, 0.15) is 5.75 Å². The number of hydrogen-bond acceptors (Lipinski definition) is 3. The molecule has 1 aromatic carbocycles. The Morgan fingerprint density at radius 1 is 1.53 bits per heavy atom. The largest absolute Gasteiger partial charge is 0.496 e. The molecule has 0 bridgehead atoms. The fourth-order valence-electron chi connectivity index (χ4n) is 1.90. The Morgan fingerprint density at radius 3 is 2.79 bits per heavy atom. The molecule has 4 nitrogen and oxygen atoms in total. The normalized spacial score (nSPS) is 13.7. The van der Waals surface area contributed by atoms with Crippen molar-refractivity contribution < 1.29 is 9.53 Å². The molecule has 3 N–H and O–H groups in total. The predicted molar refractivity (Wildman–Crippen MR) is 77.4 cm³/mol. The van der Waals surface area contributed by atoms with Gasteiger partial charge < -0.3 is 15.8 Å². The van der Waals surface area contributed by atoms with Crippen LogP contribution in [0.4, 0.5) is 0 Å². The number of rotatable bonds is 6. The lowest BCUT2D eigenvalue weighted by Gasteiger charge is -2.23. The van der Waals surface area contributed by atoms with Gasteiger partial charge in [0.15, 0.2) is 0 Å². The molecule has 0 spiro atoms. The first-order chi connectivity index (χ1) is 8.90. The van der Waals surface area contributed by atoms with Gasteiger partial charge in [0, 0.05) is 17.1 Å². The van der Waals surface area contributed by atoms with Crippen LogP contribution in [0, 0.1) is 0 Å². The first-order valence-electron chi connectivity index (χ1n) is 6.30. The van der Waals surface area contributed by atoms with E-state index in [1.807, 2.05) is 6.92 Å². The summed E-state index contributed by atoms with van der Waals surface area (Å²) >= 11 is 5.94. The fourth-order valence-corrected chi connectivity index (χ4v) is 2.09. The van der Waals surface area contributed by atoms with E-state index < -0.39 is 5.54 Å². The van der Waals surface area contributed by atoms with E-state index in [1.54, 1.807) is 32.2 Å². The summed E-state index contributed by atoms with van der Waals surface area (Å²) in [5.41, 5.74) is 5.95. The molecule has 1 aromatic rings. The standard InChI is InChI=1S/C14H21ClN2O2/c1-4-7-14(2,16)13(18)17-9-10-8-11(15)5-6-12(10)19-3/h5-6,8H,4,7,9,16H2,1-3H3,(H,17,18). The highest BCUT2D eigenvalue weighted by atomic mass is 35.5. The van der Waals surface area contributed by atoms with E-state index in [0.717, 1.165) is 12.0 Å². The number of carbonyl (C=O) groups excluding carboxylic acids is 1. The molecule has 0 aliphatic heterocycles. The van der Waals surface area contributed by atoms with E-state index in [4.69, 9.17) is 22.1 Å². The van der Waals surface area contributed by atoms with E-state index in [2.05, 4.69) is 5.32 Å². The van der Waals surface area contributed by atoms with Gasteiger partial charge in [-0.1, -0.05) is 24.9 Å². The van der Waals surface area contributed by atoms with Crippen molar-refractivity contribution in [2.24, 2.45) is 5.73 Å². The molecule has 1 unspecified atom stereocenters. The lowest BCUT2D eigenvalue weighted by atomic mass is 9.96. The first kappa shape index (κ1) is 15.8. The first-order valence-corrected chi connectivity index (χ1v) is 6.68. The molecule has 0 saturated carbocycles. The fraction of sp³-hybridized carbons (Fsp3) is 0.500. The Labute approximate surface area is 119 Å². The number of nitrogens with two attached hydrogens (primary N) is 1. The van der Waals surface area contributed by atoms with Crippen LogP contribution < -0.4 is 15.8 Å². The molecule has 1 amide bonds. The Balaban J connectivity index is 2.71. The highest BCUT2D eigenvalue weighted by Crippen LogP contribution is 2.22. The maximum atomic E-state index is 12.0. The van der Waals surface area contributed by atoms with E-state index in [0.29, 0.717) is 23.7 Å². The third kappa shape index (κ3) is 4.40. The minimum atomic E-state index is -0.847. The van der Waals surface area contributed by atoms with Crippen LogP contribution in [0.2, 0.25) is 5.02 Å². The highest BCUT2D eigenvalue weighted by Gasteiger charge is 2.26. The molecular weight excluding hydrogens is 264 g/mol. The topological polar surface area (TPSA) is 64.4 Å². The van der Waals surface area contributed by atoms with Gasteiger partial charge in [0.05, 0.1) is 12.6 Å². The van der Waals surface area contributed by atoms with Crippen LogP contribution >= 0.6 is 11.6 Å². The summed E-state index contributed by atoms with van der Waals surface area (Å²) in [6.45, 7) is 4.08. The number of hydrogen-bond donors (Lipinski definition) is 2. The van der Waals surface area contributed by atoms with Crippen molar-refractivity contribution in [3.63, 3.8) is 0 Å². The third-order valence-corrected chi connectivity index (χ3v) is 3.20. The maximum absolute atomic E-state index is 12.0. The van der Waals surface area contributed by atoms with Crippen molar-refractivity contribution in [3.8, 4) is 5.75 Å². The Bertz CT molecular complexity index is 447. The zero-order valence-corrected chi connectivity index (χ0v) is 12.4. The van der Waals surface area contributed by atoms with Gasteiger partial charge in [-0.25, -0.2) is 0 Å². The Hall–Kier alpha value is -1.26. The van der Waals surface area contributed by atoms with E-state index in [-0.39, 0.29) is 5.91 Å². The van der Waals surface area contributed by atoms with E-state index in [9.17, 15) is 4.79 Å². The maximum Gasteiger partial charge on any atom is 0.240 e. The van der Waals surface area contributed by atoms with Crippen LogP contribution in [0.25, 0.3) is 0 Å². The quantitative estimate of drug-likeness (QED) is 0.843. The summed E-state index contributed by atoms with van der Waals surface area (Å²) < 4.78 is 5.22. The van der Waals surface area contributed by atoms with Crippen molar-refractivity contribution >= 4 is 17.5 Å².